The second-order valence-corrected chi connectivity index (χ2v) is 4.17. The van der Waals surface area contributed by atoms with E-state index in [1.54, 1.807) is 0 Å². The molecule has 1 aliphatic carbocycles. The lowest BCUT2D eigenvalue weighted by Crippen LogP contribution is -1.96. The molecule has 1 saturated carbocycles. The third-order valence-electron chi connectivity index (χ3n) is 1.56. The fourth-order valence-corrected chi connectivity index (χ4v) is 1.21. The van der Waals surface area contributed by atoms with Crippen LogP contribution in [0, 0.1) is 5.92 Å². The standard InChI is InChI=1S/C5H9BrO/c1-5(6)2-4(5)3-7/h4,7H,2-3H2,1H3/t4-,5-/m1/s1. The first-order valence-corrected chi connectivity index (χ1v) is 3.26. The fourth-order valence-electron chi connectivity index (χ4n) is 0.678. The predicted molar refractivity (Wildman–Crippen MR) is 32.5 cm³/mol. The van der Waals surface area contributed by atoms with E-state index in [2.05, 4.69) is 22.9 Å². The molecule has 0 aromatic rings. The molecule has 2 atom stereocenters. The zero-order chi connectivity index (χ0) is 5.49. The van der Waals surface area contributed by atoms with Crippen molar-refractivity contribution in [2.75, 3.05) is 6.61 Å². The van der Waals surface area contributed by atoms with Crippen LogP contribution in [0.4, 0.5) is 0 Å². The van der Waals surface area contributed by atoms with Crippen molar-refractivity contribution in [3.63, 3.8) is 0 Å². The van der Waals surface area contributed by atoms with Crippen LogP contribution in [0.1, 0.15) is 13.3 Å². The first-order valence-electron chi connectivity index (χ1n) is 2.46. The molecule has 0 bridgehead atoms. The lowest BCUT2D eigenvalue weighted by atomic mass is 10.4. The van der Waals surface area contributed by atoms with Gasteiger partial charge < -0.3 is 5.11 Å². The first kappa shape index (κ1) is 5.57. The van der Waals surface area contributed by atoms with Gasteiger partial charge in [0.1, 0.15) is 0 Å². The summed E-state index contributed by atoms with van der Waals surface area (Å²) >= 11 is 3.45. The van der Waals surface area contributed by atoms with E-state index in [0.29, 0.717) is 12.5 Å². The topological polar surface area (TPSA) is 20.2 Å². The average Bonchev–Trinajstić information content (AvgIpc) is 2.13. The summed E-state index contributed by atoms with van der Waals surface area (Å²) in [5, 5.41) is 8.51. The number of hydrogen-bond donors (Lipinski definition) is 1. The molecule has 2 heteroatoms. The highest BCUT2D eigenvalue weighted by atomic mass is 79.9. The monoisotopic (exact) mass is 164 g/mol. The van der Waals surface area contributed by atoms with Crippen LogP contribution in [0.5, 0.6) is 0 Å². The van der Waals surface area contributed by atoms with Crippen LogP contribution in [0.3, 0.4) is 0 Å². The molecular weight excluding hydrogens is 156 g/mol. The molecule has 1 rings (SSSR count). The Morgan fingerprint density at radius 3 is 2.43 bits per heavy atom. The van der Waals surface area contributed by atoms with E-state index in [4.69, 9.17) is 5.11 Å². The van der Waals surface area contributed by atoms with E-state index in [-0.39, 0.29) is 4.32 Å². The maximum absolute atomic E-state index is 8.51. The molecule has 0 saturated heterocycles. The Morgan fingerprint density at radius 2 is 2.43 bits per heavy atom. The third kappa shape index (κ3) is 0.970. The van der Waals surface area contributed by atoms with Crippen LogP contribution < -0.4 is 0 Å². The van der Waals surface area contributed by atoms with Crippen molar-refractivity contribution < 1.29 is 5.11 Å². The SMILES string of the molecule is C[C@@]1(Br)C[C@@H]1CO. The summed E-state index contributed by atoms with van der Waals surface area (Å²) in [6, 6.07) is 0. The lowest BCUT2D eigenvalue weighted by molar-refractivity contribution is 0.273. The van der Waals surface area contributed by atoms with Crippen LogP contribution in [0.2, 0.25) is 0 Å². The van der Waals surface area contributed by atoms with Crippen molar-refractivity contribution in [2.24, 2.45) is 5.92 Å². The van der Waals surface area contributed by atoms with Gasteiger partial charge in [-0.1, -0.05) is 15.9 Å². The van der Waals surface area contributed by atoms with Gasteiger partial charge in [0.2, 0.25) is 0 Å². The summed E-state index contributed by atoms with van der Waals surface area (Å²) < 4.78 is 0.280. The highest BCUT2D eigenvalue weighted by Gasteiger charge is 2.46. The Hall–Kier alpha value is 0.440. The fraction of sp³-hybridized carbons (Fsp3) is 1.00. The van der Waals surface area contributed by atoms with Crippen molar-refractivity contribution in [2.45, 2.75) is 17.7 Å². The first-order chi connectivity index (χ1) is 3.17. The highest BCUT2D eigenvalue weighted by Crippen LogP contribution is 2.50. The van der Waals surface area contributed by atoms with Gasteiger partial charge in [-0.15, -0.1) is 0 Å². The van der Waals surface area contributed by atoms with E-state index in [0.717, 1.165) is 6.42 Å². The molecule has 1 nitrogen and oxygen atoms in total. The summed E-state index contributed by atoms with van der Waals surface area (Å²) in [5.41, 5.74) is 0. The zero-order valence-electron chi connectivity index (χ0n) is 4.32. The average molecular weight is 165 g/mol. The van der Waals surface area contributed by atoms with Crippen molar-refractivity contribution in [3.8, 4) is 0 Å². The summed E-state index contributed by atoms with van der Waals surface area (Å²) in [5.74, 6) is 0.521. The Balaban J connectivity index is 2.30. The number of alkyl halides is 1. The van der Waals surface area contributed by atoms with Gasteiger partial charge in [-0.25, -0.2) is 0 Å². The molecule has 1 aliphatic rings. The van der Waals surface area contributed by atoms with E-state index in [1.165, 1.54) is 0 Å². The normalized spacial score (nSPS) is 49.3. The lowest BCUT2D eigenvalue weighted by Gasteiger charge is -1.92. The number of aliphatic hydroxyl groups is 1. The van der Waals surface area contributed by atoms with Gasteiger partial charge in [-0.05, 0) is 19.3 Å². The molecule has 0 aromatic heterocycles. The Kier molecular flexibility index (Phi) is 1.16. The second-order valence-electron chi connectivity index (χ2n) is 2.36. The minimum Gasteiger partial charge on any atom is -0.396 e. The van der Waals surface area contributed by atoms with Crippen LogP contribution in [-0.4, -0.2) is 16.0 Å². The molecule has 0 aromatic carbocycles. The van der Waals surface area contributed by atoms with Crippen molar-refractivity contribution in [3.05, 3.63) is 0 Å². The van der Waals surface area contributed by atoms with E-state index < -0.39 is 0 Å². The Bertz CT molecular complexity index is 80.1. The Labute approximate surface area is 51.9 Å². The summed E-state index contributed by atoms with van der Waals surface area (Å²) in [6.45, 7) is 2.44. The minimum atomic E-state index is 0.280. The van der Waals surface area contributed by atoms with Gasteiger partial charge in [0.25, 0.3) is 0 Å². The van der Waals surface area contributed by atoms with E-state index >= 15 is 0 Å². The third-order valence-corrected chi connectivity index (χ3v) is 2.53. The molecule has 0 amide bonds. The van der Waals surface area contributed by atoms with Gasteiger partial charge >= 0.3 is 0 Å². The quantitative estimate of drug-likeness (QED) is 0.578. The minimum absolute atomic E-state index is 0.280. The van der Waals surface area contributed by atoms with Gasteiger partial charge in [-0.3, -0.25) is 0 Å². The molecule has 7 heavy (non-hydrogen) atoms. The number of halogens is 1. The van der Waals surface area contributed by atoms with Gasteiger partial charge in [0.15, 0.2) is 0 Å². The molecular formula is C5H9BrO. The molecule has 0 unspecified atom stereocenters. The highest BCUT2D eigenvalue weighted by molar-refractivity contribution is 9.10. The van der Waals surface area contributed by atoms with Gasteiger partial charge in [-0.2, -0.15) is 0 Å². The maximum atomic E-state index is 8.51. The van der Waals surface area contributed by atoms with Crippen LogP contribution >= 0.6 is 15.9 Å². The molecule has 42 valence electrons. The summed E-state index contributed by atoms with van der Waals surface area (Å²) in [6.07, 6.45) is 1.13. The van der Waals surface area contributed by atoms with Crippen molar-refractivity contribution in [1.29, 1.82) is 0 Å². The number of hydrogen-bond acceptors (Lipinski definition) is 1. The number of aliphatic hydroxyl groups excluding tert-OH is 1. The molecule has 1 N–H and O–H groups in total. The van der Waals surface area contributed by atoms with Crippen molar-refractivity contribution >= 4 is 15.9 Å². The maximum Gasteiger partial charge on any atom is 0.0473 e. The van der Waals surface area contributed by atoms with Crippen LogP contribution in [0.15, 0.2) is 0 Å². The number of rotatable bonds is 1. The van der Waals surface area contributed by atoms with Crippen molar-refractivity contribution in [1.82, 2.24) is 0 Å². The van der Waals surface area contributed by atoms with Gasteiger partial charge in [0, 0.05) is 10.9 Å². The smallest absolute Gasteiger partial charge is 0.0473 e. The van der Waals surface area contributed by atoms with Gasteiger partial charge in [0.05, 0.1) is 0 Å². The van der Waals surface area contributed by atoms with E-state index in [1.807, 2.05) is 0 Å². The predicted octanol–water partition coefficient (Wildman–Crippen LogP) is 1.15. The molecule has 0 heterocycles. The summed E-state index contributed by atoms with van der Waals surface area (Å²) in [4.78, 5) is 0. The molecule has 0 radical (unpaired) electrons. The van der Waals surface area contributed by atoms with Crippen LogP contribution in [-0.2, 0) is 0 Å². The molecule has 1 fully saturated rings. The van der Waals surface area contributed by atoms with E-state index in [9.17, 15) is 0 Å². The molecule has 0 aliphatic heterocycles. The molecule has 0 spiro atoms. The summed E-state index contributed by atoms with van der Waals surface area (Å²) in [7, 11) is 0. The zero-order valence-corrected chi connectivity index (χ0v) is 5.90. The second kappa shape index (κ2) is 1.46. The Morgan fingerprint density at radius 1 is 2.00 bits per heavy atom. The largest absolute Gasteiger partial charge is 0.396 e. The van der Waals surface area contributed by atoms with Crippen LogP contribution in [0.25, 0.3) is 0 Å².